The average Bonchev–Trinajstić information content (AvgIpc) is 3.22. The maximum absolute atomic E-state index is 12.7. The molecule has 0 saturated heterocycles. The highest BCUT2D eigenvalue weighted by Crippen LogP contribution is 2.34. The number of rotatable bonds is 7. The van der Waals surface area contributed by atoms with Gasteiger partial charge in [0.1, 0.15) is 12.2 Å². The molecule has 30 heavy (non-hydrogen) atoms. The van der Waals surface area contributed by atoms with Crippen LogP contribution in [-0.2, 0) is 20.5 Å². The molecule has 0 atom stereocenters. The monoisotopic (exact) mass is 446 g/mol. The zero-order valence-electron chi connectivity index (χ0n) is 14.8. The first-order chi connectivity index (χ1) is 14.1. The number of hydrogen-bond donors (Lipinski definition) is 3. The van der Waals surface area contributed by atoms with E-state index >= 15 is 0 Å². The molecule has 2 rings (SSSR count). The van der Waals surface area contributed by atoms with Crippen LogP contribution in [0.1, 0.15) is 15.2 Å². The summed E-state index contributed by atoms with van der Waals surface area (Å²) >= 11 is 1.14. The smallest absolute Gasteiger partial charge is 0.416 e. The van der Waals surface area contributed by atoms with E-state index in [2.05, 4.69) is 15.5 Å². The molecule has 1 aromatic carbocycles. The van der Waals surface area contributed by atoms with Gasteiger partial charge >= 0.3 is 12.1 Å². The van der Waals surface area contributed by atoms with Gasteiger partial charge < -0.3 is 10.1 Å². The van der Waals surface area contributed by atoms with E-state index in [1.807, 2.05) is 5.43 Å². The van der Waals surface area contributed by atoms with Gasteiger partial charge in [-0.2, -0.15) is 13.2 Å². The van der Waals surface area contributed by atoms with Crippen molar-refractivity contribution in [2.24, 2.45) is 0 Å². The number of esters is 1. The van der Waals surface area contributed by atoms with Gasteiger partial charge in [-0.15, -0.1) is 11.3 Å². The molecular weight excluding hydrogens is 433 g/mol. The number of halogens is 3. The van der Waals surface area contributed by atoms with E-state index in [4.69, 9.17) is 0 Å². The predicted molar refractivity (Wildman–Crippen MR) is 97.5 cm³/mol. The molecule has 0 aliphatic carbocycles. The third-order valence-electron chi connectivity index (χ3n) is 3.37. The highest BCUT2D eigenvalue weighted by Gasteiger charge is 2.33. The van der Waals surface area contributed by atoms with Crippen molar-refractivity contribution < 1.29 is 37.2 Å². The molecule has 0 bridgehead atoms. The number of amides is 2. The van der Waals surface area contributed by atoms with Gasteiger partial charge in [-0.05, 0) is 23.6 Å². The Kier molecular flexibility index (Phi) is 7.30. The summed E-state index contributed by atoms with van der Waals surface area (Å²) in [4.78, 5) is 45.1. The fourth-order valence-corrected chi connectivity index (χ4v) is 2.62. The topological polar surface area (TPSA) is 140 Å². The summed E-state index contributed by atoms with van der Waals surface area (Å²) < 4.78 is 42.6. The first-order valence-corrected chi connectivity index (χ1v) is 8.83. The van der Waals surface area contributed by atoms with Gasteiger partial charge in [0.25, 0.3) is 17.5 Å². The molecule has 3 N–H and O–H groups in total. The van der Waals surface area contributed by atoms with Gasteiger partial charge in [0.05, 0.1) is 15.4 Å². The Bertz CT molecular complexity index is 949. The minimum Gasteiger partial charge on any atom is -0.454 e. The Morgan fingerprint density at radius 1 is 1.17 bits per heavy atom. The van der Waals surface area contributed by atoms with E-state index in [1.54, 1.807) is 11.4 Å². The normalized spacial score (nSPS) is 10.8. The Hall–Kier alpha value is -3.68. The molecule has 0 radical (unpaired) electrons. The van der Waals surface area contributed by atoms with Crippen molar-refractivity contribution in [1.29, 1.82) is 0 Å². The molecule has 0 unspecified atom stereocenters. The van der Waals surface area contributed by atoms with Gasteiger partial charge in [0, 0.05) is 6.07 Å². The molecule has 10 nitrogen and oxygen atoms in total. The maximum atomic E-state index is 12.7. The van der Waals surface area contributed by atoms with Crippen molar-refractivity contribution in [1.82, 2.24) is 10.9 Å². The first-order valence-electron chi connectivity index (χ1n) is 7.95. The van der Waals surface area contributed by atoms with Crippen LogP contribution in [-0.4, -0.2) is 35.9 Å². The third-order valence-corrected chi connectivity index (χ3v) is 4.24. The molecule has 0 aliphatic heterocycles. The summed E-state index contributed by atoms with van der Waals surface area (Å²) in [5.41, 5.74) is 1.68. The number of benzene rings is 1. The number of hydrazine groups is 1. The fourth-order valence-electron chi connectivity index (χ4n) is 2.00. The molecule has 1 aromatic heterocycles. The minimum atomic E-state index is -4.77. The lowest BCUT2D eigenvalue weighted by Crippen LogP contribution is -2.43. The molecule has 0 spiro atoms. The van der Waals surface area contributed by atoms with Crippen LogP contribution < -0.4 is 16.2 Å². The second kappa shape index (κ2) is 9.69. The average molecular weight is 446 g/mol. The number of anilines is 1. The zero-order chi connectivity index (χ0) is 22.3. The number of nitro benzene ring substituents is 1. The molecule has 14 heteroatoms. The van der Waals surface area contributed by atoms with Gasteiger partial charge in [-0.25, -0.2) is 0 Å². The molecule has 0 aliphatic rings. The van der Waals surface area contributed by atoms with E-state index in [0.717, 1.165) is 17.4 Å². The molecule has 2 aromatic rings. The van der Waals surface area contributed by atoms with Crippen molar-refractivity contribution in [2.75, 3.05) is 18.5 Å². The molecular formula is C16H13F3N4O6S. The van der Waals surface area contributed by atoms with Crippen LogP contribution in [0.2, 0.25) is 0 Å². The van der Waals surface area contributed by atoms with Crippen LogP contribution in [0.15, 0.2) is 35.7 Å². The number of nitro groups is 1. The van der Waals surface area contributed by atoms with E-state index < -0.39 is 53.3 Å². The number of nitrogens with one attached hydrogen (secondary N) is 3. The standard InChI is InChI=1S/C16H13F3N4O6S/c17-16(18,19)9-3-4-10(11(6-9)23(27)28)20-7-14(25)29-8-13(24)21-22-15(26)12-2-1-5-30-12/h1-6,20H,7-8H2,(H,21,24)(H,22,26). The van der Waals surface area contributed by atoms with E-state index in [1.165, 1.54) is 6.07 Å². The van der Waals surface area contributed by atoms with E-state index in [9.17, 15) is 37.7 Å². The second-order valence-corrected chi connectivity index (χ2v) is 6.43. The van der Waals surface area contributed by atoms with Crippen molar-refractivity contribution in [3.63, 3.8) is 0 Å². The number of hydrogen-bond acceptors (Lipinski definition) is 8. The first kappa shape index (κ1) is 22.6. The number of nitrogens with zero attached hydrogens (tertiary/aromatic N) is 1. The highest BCUT2D eigenvalue weighted by molar-refractivity contribution is 7.12. The predicted octanol–water partition coefficient (Wildman–Crippen LogP) is 2.09. The van der Waals surface area contributed by atoms with Crippen molar-refractivity contribution >= 4 is 40.5 Å². The molecule has 1 heterocycles. The lowest BCUT2D eigenvalue weighted by Gasteiger charge is -2.11. The molecule has 0 fully saturated rings. The van der Waals surface area contributed by atoms with Crippen LogP contribution in [0.5, 0.6) is 0 Å². The summed E-state index contributed by atoms with van der Waals surface area (Å²) in [6.45, 7) is -1.42. The second-order valence-electron chi connectivity index (χ2n) is 5.48. The van der Waals surface area contributed by atoms with E-state index in [-0.39, 0.29) is 5.69 Å². The Morgan fingerprint density at radius 3 is 2.50 bits per heavy atom. The zero-order valence-corrected chi connectivity index (χ0v) is 15.6. The van der Waals surface area contributed by atoms with Gasteiger partial charge in [0.15, 0.2) is 6.61 Å². The Labute approximate surface area is 170 Å². The summed E-state index contributed by atoms with van der Waals surface area (Å²) in [6.07, 6.45) is -4.77. The lowest BCUT2D eigenvalue weighted by atomic mass is 10.1. The van der Waals surface area contributed by atoms with Crippen molar-refractivity contribution in [3.8, 4) is 0 Å². The summed E-state index contributed by atoms with van der Waals surface area (Å²) in [7, 11) is 0. The van der Waals surface area contributed by atoms with E-state index in [0.29, 0.717) is 17.0 Å². The van der Waals surface area contributed by atoms with Gasteiger partial charge in [-0.1, -0.05) is 6.07 Å². The molecule has 2 amide bonds. The van der Waals surface area contributed by atoms with Crippen LogP contribution in [0.25, 0.3) is 0 Å². The van der Waals surface area contributed by atoms with Gasteiger partial charge in [0.2, 0.25) is 0 Å². The number of thiophene rings is 1. The molecule has 0 saturated carbocycles. The van der Waals surface area contributed by atoms with Crippen LogP contribution in [0, 0.1) is 10.1 Å². The van der Waals surface area contributed by atoms with Crippen molar-refractivity contribution in [3.05, 3.63) is 56.3 Å². The number of carbonyl (C=O) groups is 3. The Morgan fingerprint density at radius 2 is 1.90 bits per heavy atom. The summed E-state index contributed by atoms with van der Waals surface area (Å²) in [5.74, 6) is -2.43. The molecule has 160 valence electrons. The fraction of sp³-hybridized carbons (Fsp3) is 0.188. The largest absolute Gasteiger partial charge is 0.454 e. The highest BCUT2D eigenvalue weighted by atomic mass is 32.1. The SMILES string of the molecule is O=C(COC(=O)CNc1ccc(C(F)(F)F)cc1[N+](=O)[O-])NNC(=O)c1cccs1. The summed E-state index contributed by atoms with van der Waals surface area (Å²) in [6, 6.07) is 4.91. The third kappa shape index (κ3) is 6.44. The Balaban J connectivity index is 1.82. The van der Waals surface area contributed by atoms with Crippen LogP contribution >= 0.6 is 11.3 Å². The maximum Gasteiger partial charge on any atom is 0.416 e. The lowest BCUT2D eigenvalue weighted by molar-refractivity contribution is -0.384. The number of ether oxygens (including phenoxy) is 1. The summed E-state index contributed by atoms with van der Waals surface area (Å²) in [5, 5.41) is 14.9. The van der Waals surface area contributed by atoms with Crippen molar-refractivity contribution in [2.45, 2.75) is 6.18 Å². The van der Waals surface area contributed by atoms with Gasteiger partial charge in [-0.3, -0.25) is 35.3 Å². The minimum absolute atomic E-state index is 0.331. The van der Waals surface area contributed by atoms with Crippen LogP contribution in [0.3, 0.4) is 0 Å². The number of carbonyl (C=O) groups excluding carboxylic acids is 3. The quantitative estimate of drug-likeness (QED) is 0.336. The number of alkyl halides is 3. The van der Waals surface area contributed by atoms with Crippen LogP contribution in [0.4, 0.5) is 24.5 Å².